The van der Waals surface area contributed by atoms with Gasteiger partial charge >= 0.3 is 0 Å². The Morgan fingerprint density at radius 1 is 1.05 bits per heavy atom. The van der Waals surface area contributed by atoms with Gasteiger partial charge < -0.3 is 5.32 Å². The van der Waals surface area contributed by atoms with Crippen LogP contribution in [-0.2, 0) is 6.54 Å². The van der Waals surface area contributed by atoms with E-state index < -0.39 is 0 Å². The van der Waals surface area contributed by atoms with Crippen LogP contribution in [0.1, 0.15) is 32.6 Å². The summed E-state index contributed by atoms with van der Waals surface area (Å²) in [4.78, 5) is 2.76. The van der Waals surface area contributed by atoms with Crippen molar-refractivity contribution in [1.82, 2.24) is 5.32 Å². The van der Waals surface area contributed by atoms with Crippen LogP contribution in [0.25, 0.3) is 10.4 Å². The van der Waals surface area contributed by atoms with Crippen molar-refractivity contribution in [1.29, 1.82) is 0 Å². The maximum atomic E-state index is 3.60. The molecule has 0 atom stereocenters. The Morgan fingerprint density at radius 3 is 2.40 bits per heavy atom. The fourth-order valence-corrected chi connectivity index (χ4v) is 2.93. The summed E-state index contributed by atoms with van der Waals surface area (Å²) in [6, 6.07) is 15.1. The molecule has 0 saturated heterocycles. The van der Waals surface area contributed by atoms with Crippen molar-refractivity contribution in [3.8, 4) is 10.4 Å². The molecule has 1 N–H and O–H groups in total. The highest BCUT2D eigenvalue weighted by atomic mass is 32.1. The van der Waals surface area contributed by atoms with E-state index in [1.807, 2.05) is 11.3 Å². The van der Waals surface area contributed by atoms with Crippen LogP contribution in [0.2, 0.25) is 0 Å². The first-order valence-corrected chi connectivity index (χ1v) is 8.15. The first kappa shape index (κ1) is 15.3. The molecular weight excluding hydrogens is 262 g/mol. The predicted molar refractivity (Wildman–Crippen MR) is 90.1 cm³/mol. The van der Waals surface area contributed by atoms with Crippen LogP contribution in [0.4, 0.5) is 0 Å². The topological polar surface area (TPSA) is 12.0 Å². The Labute approximate surface area is 127 Å². The summed E-state index contributed by atoms with van der Waals surface area (Å²) in [6.07, 6.45) is 0. The maximum Gasteiger partial charge on any atom is 0.0346 e. The van der Waals surface area contributed by atoms with Gasteiger partial charge in [-0.3, -0.25) is 0 Å². The van der Waals surface area contributed by atoms with Gasteiger partial charge in [0.1, 0.15) is 0 Å². The first-order valence-electron chi connectivity index (χ1n) is 7.34. The molecule has 0 aliphatic rings. The van der Waals surface area contributed by atoms with Crippen LogP contribution in [0, 0.1) is 11.3 Å². The summed E-state index contributed by atoms with van der Waals surface area (Å²) >= 11 is 1.88. The number of thiophene rings is 1. The molecule has 20 heavy (non-hydrogen) atoms. The fraction of sp³-hybridized carbons (Fsp3) is 0.444. The molecule has 0 radical (unpaired) electrons. The Kier molecular flexibility index (Phi) is 5.00. The maximum absolute atomic E-state index is 3.60. The lowest BCUT2D eigenvalue weighted by molar-refractivity contribution is 0.238. The summed E-state index contributed by atoms with van der Waals surface area (Å²) in [5.41, 5.74) is 1.66. The number of benzene rings is 1. The molecule has 0 spiro atoms. The van der Waals surface area contributed by atoms with Crippen molar-refractivity contribution in [3.05, 3.63) is 47.3 Å². The Bertz CT molecular complexity index is 525. The van der Waals surface area contributed by atoms with Crippen molar-refractivity contribution >= 4 is 11.3 Å². The van der Waals surface area contributed by atoms with Gasteiger partial charge in [-0.15, -0.1) is 11.3 Å². The molecule has 0 aliphatic carbocycles. The average molecular weight is 287 g/mol. The molecule has 2 aromatic rings. The third-order valence-electron chi connectivity index (χ3n) is 4.16. The Hall–Kier alpha value is -1.12. The second kappa shape index (κ2) is 6.55. The highest BCUT2D eigenvalue weighted by Crippen LogP contribution is 2.28. The van der Waals surface area contributed by atoms with Crippen LogP contribution in [0.15, 0.2) is 42.5 Å². The van der Waals surface area contributed by atoms with Crippen molar-refractivity contribution in [2.75, 3.05) is 6.54 Å². The summed E-state index contributed by atoms with van der Waals surface area (Å²) in [5, 5.41) is 3.60. The molecule has 0 unspecified atom stereocenters. The lowest BCUT2D eigenvalue weighted by atomic mass is 9.81. The van der Waals surface area contributed by atoms with Gasteiger partial charge in [0.25, 0.3) is 0 Å². The molecule has 108 valence electrons. The quantitative estimate of drug-likeness (QED) is 0.771. The van der Waals surface area contributed by atoms with Crippen molar-refractivity contribution in [2.24, 2.45) is 11.3 Å². The lowest BCUT2D eigenvalue weighted by Crippen LogP contribution is -2.32. The van der Waals surface area contributed by atoms with Gasteiger partial charge in [-0.05, 0) is 29.0 Å². The van der Waals surface area contributed by atoms with Crippen molar-refractivity contribution in [3.63, 3.8) is 0 Å². The molecule has 2 rings (SSSR count). The predicted octanol–water partition coefficient (Wildman–Crippen LogP) is 5.19. The summed E-state index contributed by atoms with van der Waals surface area (Å²) < 4.78 is 0. The Balaban J connectivity index is 1.91. The van der Waals surface area contributed by atoms with E-state index in [1.165, 1.54) is 15.3 Å². The van der Waals surface area contributed by atoms with E-state index >= 15 is 0 Å². The fourth-order valence-electron chi connectivity index (χ4n) is 1.94. The third-order valence-corrected chi connectivity index (χ3v) is 5.30. The molecule has 0 fully saturated rings. The van der Waals surface area contributed by atoms with E-state index in [4.69, 9.17) is 0 Å². The van der Waals surface area contributed by atoms with Crippen LogP contribution < -0.4 is 5.32 Å². The van der Waals surface area contributed by atoms with E-state index in [2.05, 4.69) is 75.5 Å². The zero-order chi connectivity index (χ0) is 14.6. The molecule has 1 nitrogen and oxygen atoms in total. The molecule has 1 heterocycles. The molecular formula is C18H25NS. The largest absolute Gasteiger partial charge is 0.311 e. The zero-order valence-electron chi connectivity index (χ0n) is 12.9. The van der Waals surface area contributed by atoms with Crippen LogP contribution in [0.5, 0.6) is 0 Å². The summed E-state index contributed by atoms with van der Waals surface area (Å²) in [7, 11) is 0. The molecule has 0 amide bonds. The summed E-state index contributed by atoms with van der Waals surface area (Å²) in [6.45, 7) is 11.3. The van der Waals surface area contributed by atoms with Crippen LogP contribution in [0.3, 0.4) is 0 Å². The van der Waals surface area contributed by atoms with Crippen molar-refractivity contribution in [2.45, 2.75) is 34.2 Å². The van der Waals surface area contributed by atoms with Crippen LogP contribution >= 0.6 is 11.3 Å². The monoisotopic (exact) mass is 287 g/mol. The average Bonchev–Trinajstić information content (AvgIpc) is 2.88. The SMILES string of the molecule is CC(C)C(C)(C)CNCc1ccc(-c2ccccc2)s1. The second-order valence-electron chi connectivity index (χ2n) is 6.38. The lowest BCUT2D eigenvalue weighted by Gasteiger charge is -2.29. The molecule has 1 aromatic heterocycles. The number of rotatable bonds is 6. The molecule has 0 saturated carbocycles. The Morgan fingerprint density at radius 2 is 1.75 bits per heavy atom. The number of hydrogen-bond donors (Lipinski definition) is 1. The van der Waals surface area contributed by atoms with Gasteiger partial charge in [0.15, 0.2) is 0 Å². The minimum Gasteiger partial charge on any atom is -0.311 e. The highest BCUT2D eigenvalue weighted by Gasteiger charge is 2.21. The van der Waals surface area contributed by atoms with Gasteiger partial charge in [0, 0.05) is 22.8 Å². The third kappa shape index (κ3) is 3.94. The van der Waals surface area contributed by atoms with Gasteiger partial charge in [-0.1, -0.05) is 58.0 Å². The zero-order valence-corrected chi connectivity index (χ0v) is 13.8. The highest BCUT2D eigenvalue weighted by molar-refractivity contribution is 7.15. The van der Waals surface area contributed by atoms with E-state index in [0.29, 0.717) is 11.3 Å². The molecule has 2 heteroatoms. The molecule has 0 bridgehead atoms. The smallest absolute Gasteiger partial charge is 0.0346 e. The van der Waals surface area contributed by atoms with Gasteiger partial charge in [0.2, 0.25) is 0 Å². The summed E-state index contributed by atoms with van der Waals surface area (Å²) in [5.74, 6) is 0.693. The van der Waals surface area contributed by atoms with Crippen molar-refractivity contribution < 1.29 is 0 Å². The minimum absolute atomic E-state index is 0.347. The second-order valence-corrected chi connectivity index (χ2v) is 7.55. The van der Waals surface area contributed by atoms with Gasteiger partial charge in [-0.2, -0.15) is 0 Å². The minimum atomic E-state index is 0.347. The van der Waals surface area contributed by atoms with E-state index in [9.17, 15) is 0 Å². The van der Waals surface area contributed by atoms with E-state index in [1.54, 1.807) is 0 Å². The van der Waals surface area contributed by atoms with E-state index in [-0.39, 0.29) is 0 Å². The number of hydrogen-bond acceptors (Lipinski definition) is 2. The van der Waals surface area contributed by atoms with Gasteiger partial charge in [-0.25, -0.2) is 0 Å². The van der Waals surface area contributed by atoms with Gasteiger partial charge in [0.05, 0.1) is 0 Å². The molecule has 0 aliphatic heterocycles. The number of nitrogens with one attached hydrogen (secondary N) is 1. The normalized spacial score (nSPS) is 12.1. The van der Waals surface area contributed by atoms with Crippen LogP contribution in [-0.4, -0.2) is 6.54 Å². The molecule has 1 aromatic carbocycles. The van der Waals surface area contributed by atoms with E-state index in [0.717, 1.165) is 13.1 Å². The first-order chi connectivity index (χ1) is 9.49. The standard InChI is InChI=1S/C18H25NS/c1-14(2)18(3,4)13-19-12-16-10-11-17(20-16)15-8-6-5-7-9-15/h5-11,14,19H,12-13H2,1-4H3.